The fourth-order valence-electron chi connectivity index (χ4n) is 3.47. The van der Waals surface area contributed by atoms with E-state index in [9.17, 15) is 18.8 Å². The molecular formula is C22H26FN3O3S. The van der Waals surface area contributed by atoms with E-state index in [-0.39, 0.29) is 29.5 Å². The van der Waals surface area contributed by atoms with Crippen molar-refractivity contribution in [2.45, 2.75) is 32.7 Å². The molecule has 0 radical (unpaired) electrons. The second kappa shape index (κ2) is 10.3. The number of nitrogens with one attached hydrogen (secondary N) is 2. The number of benzene rings is 1. The molecule has 0 aliphatic carbocycles. The third-order valence-electron chi connectivity index (χ3n) is 5.19. The third-order valence-corrected chi connectivity index (χ3v) is 6.26. The van der Waals surface area contributed by atoms with Crippen molar-refractivity contribution in [2.75, 3.05) is 19.6 Å². The molecule has 3 rings (SSSR count). The number of rotatable bonds is 7. The average Bonchev–Trinajstić information content (AvgIpc) is 3.22. The van der Waals surface area contributed by atoms with Gasteiger partial charge in [0, 0.05) is 37.4 Å². The molecule has 1 saturated heterocycles. The zero-order valence-electron chi connectivity index (χ0n) is 16.9. The molecule has 1 aromatic heterocycles. The summed E-state index contributed by atoms with van der Waals surface area (Å²) in [7, 11) is 0. The molecule has 1 fully saturated rings. The minimum atomic E-state index is -0.257. The van der Waals surface area contributed by atoms with Crippen molar-refractivity contribution in [3.05, 3.63) is 57.5 Å². The number of carbonyl (C=O) groups is 3. The minimum Gasteiger partial charge on any atom is -0.356 e. The standard InChI is InChI=1S/C22H26FN3O3S/c1-15(27)25-14-18-6-7-20(30-18)22(29)26-12-9-17(10-13-26)21(28)24-11-8-16-4-2-3-5-19(16)23/h2-7,17H,8-14H2,1H3,(H,24,28)(H,25,27). The first-order valence-corrected chi connectivity index (χ1v) is 10.9. The summed E-state index contributed by atoms with van der Waals surface area (Å²) in [5, 5.41) is 5.61. The van der Waals surface area contributed by atoms with Gasteiger partial charge in [-0.25, -0.2) is 4.39 Å². The van der Waals surface area contributed by atoms with Crippen LogP contribution < -0.4 is 10.6 Å². The summed E-state index contributed by atoms with van der Waals surface area (Å²) >= 11 is 1.38. The normalized spacial score (nSPS) is 14.4. The summed E-state index contributed by atoms with van der Waals surface area (Å²) in [6.07, 6.45) is 1.68. The number of carbonyl (C=O) groups excluding carboxylic acids is 3. The first-order valence-electron chi connectivity index (χ1n) is 10.1. The van der Waals surface area contributed by atoms with Gasteiger partial charge in [0.25, 0.3) is 5.91 Å². The molecule has 8 heteroatoms. The molecule has 2 aromatic rings. The number of hydrogen-bond acceptors (Lipinski definition) is 4. The van der Waals surface area contributed by atoms with Gasteiger partial charge >= 0.3 is 0 Å². The van der Waals surface area contributed by atoms with Crippen LogP contribution in [0.25, 0.3) is 0 Å². The first kappa shape index (κ1) is 22.0. The highest BCUT2D eigenvalue weighted by molar-refractivity contribution is 7.14. The Kier molecular flexibility index (Phi) is 7.57. The molecular weight excluding hydrogens is 405 g/mol. The molecule has 1 aliphatic heterocycles. The lowest BCUT2D eigenvalue weighted by molar-refractivity contribution is -0.126. The number of thiophene rings is 1. The van der Waals surface area contributed by atoms with Crippen LogP contribution in [0.15, 0.2) is 36.4 Å². The molecule has 160 valence electrons. The first-order chi connectivity index (χ1) is 14.4. The SMILES string of the molecule is CC(=O)NCc1ccc(C(=O)N2CCC(C(=O)NCCc3ccccc3F)CC2)s1. The number of piperidine rings is 1. The van der Waals surface area contributed by atoms with Crippen molar-refractivity contribution in [3.8, 4) is 0 Å². The quantitative estimate of drug-likeness (QED) is 0.708. The fourth-order valence-corrected chi connectivity index (χ4v) is 4.38. The topological polar surface area (TPSA) is 78.5 Å². The van der Waals surface area contributed by atoms with Crippen molar-refractivity contribution in [1.82, 2.24) is 15.5 Å². The molecule has 2 heterocycles. The van der Waals surface area contributed by atoms with Gasteiger partial charge in [-0.2, -0.15) is 0 Å². The Morgan fingerprint density at radius 3 is 2.53 bits per heavy atom. The Morgan fingerprint density at radius 2 is 1.83 bits per heavy atom. The van der Waals surface area contributed by atoms with Gasteiger partial charge in [0.2, 0.25) is 11.8 Å². The van der Waals surface area contributed by atoms with Crippen LogP contribution in [0.2, 0.25) is 0 Å². The lowest BCUT2D eigenvalue weighted by Gasteiger charge is -2.31. The summed E-state index contributed by atoms with van der Waals surface area (Å²) in [5.74, 6) is -0.564. The lowest BCUT2D eigenvalue weighted by Crippen LogP contribution is -2.43. The van der Waals surface area contributed by atoms with Gasteiger partial charge in [-0.3, -0.25) is 14.4 Å². The van der Waals surface area contributed by atoms with Crippen molar-refractivity contribution in [1.29, 1.82) is 0 Å². The number of likely N-dealkylation sites (tertiary alicyclic amines) is 1. The van der Waals surface area contributed by atoms with E-state index in [2.05, 4.69) is 10.6 Å². The van der Waals surface area contributed by atoms with Crippen LogP contribution >= 0.6 is 11.3 Å². The van der Waals surface area contributed by atoms with Gasteiger partial charge in [-0.15, -0.1) is 11.3 Å². The minimum absolute atomic E-state index is 0.0347. The van der Waals surface area contributed by atoms with Gasteiger partial charge in [0.1, 0.15) is 5.82 Å². The van der Waals surface area contributed by atoms with E-state index in [0.29, 0.717) is 55.9 Å². The van der Waals surface area contributed by atoms with Crippen LogP contribution in [0.3, 0.4) is 0 Å². The highest BCUT2D eigenvalue weighted by atomic mass is 32.1. The van der Waals surface area contributed by atoms with Gasteiger partial charge in [-0.05, 0) is 43.0 Å². The summed E-state index contributed by atoms with van der Waals surface area (Å²) in [6, 6.07) is 10.2. The number of nitrogens with zero attached hydrogens (tertiary/aromatic N) is 1. The lowest BCUT2D eigenvalue weighted by atomic mass is 9.95. The zero-order valence-corrected chi connectivity index (χ0v) is 17.8. The smallest absolute Gasteiger partial charge is 0.263 e. The van der Waals surface area contributed by atoms with Crippen LogP contribution in [-0.4, -0.2) is 42.3 Å². The molecule has 0 bridgehead atoms. The molecule has 1 aromatic carbocycles. The highest BCUT2D eigenvalue weighted by Crippen LogP contribution is 2.23. The van der Waals surface area contributed by atoms with E-state index in [4.69, 9.17) is 0 Å². The Balaban J connectivity index is 1.42. The molecule has 1 aliphatic rings. The third kappa shape index (κ3) is 5.89. The number of amides is 3. The van der Waals surface area contributed by atoms with Crippen LogP contribution in [-0.2, 0) is 22.6 Å². The van der Waals surface area contributed by atoms with Gasteiger partial charge < -0.3 is 15.5 Å². The molecule has 0 unspecified atom stereocenters. The Bertz CT molecular complexity index is 907. The predicted molar refractivity (Wildman–Crippen MR) is 114 cm³/mol. The fraction of sp³-hybridized carbons (Fsp3) is 0.409. The number of halogens is 1. The Morgan fingerprint density at radius 1 is 1.10 bits per heavy atom. The van der Waals surface area contributed by atoms with Gasteiger partial charge in [-0.1, -0.05) is 18.2 Å². The van der Waals surface area contributed by atoms with Crippen molar-refractivity contribution in [3.63, 3.8) is 0 Å². The van der Waals surface area contributed by atoms with E-state index in [1.807, 2.05) is 6.07 Å². The highest BCUT2D eigenvalue weighted by Gasteiger charge is 2.28. The maximum absolute atomic E-state index is 13.6. The summed E-state index contributed by atoms with van der Waals surface area (Å²) in [5.41, 5.74) is 0.590. The Labute approximate surface area is 179 Å². The van der Waals surface area contributed by atoms with Crippen LogP contribution in [0.1, 0.15) is 39.9 Å². The molecule has 30 heavy (non-hydrogen) atoms. The molecule has 6 nitrogen and oxygen atoms in total. The number of hydrogen-bond donors (Lipinski definition) is 2. The van der Waals surface area contributed by atoms with Crippen molar-refractivity contribution in [2.24, 2.45) is 5.92 Å². The molecule has 0 spiro atoms. The van der Waals surface area contributed by atoms with Crippen molar-refractivity contribution < 1.29 is 18.8 Å². The van der Waals surface area contributed by atoms with E-state index in [1.54, 1.807) is 29.2 Å². The van der Waals surface area contributed by atoms with Crippen LogP contribution in [0.4, 0.5) is 4.39 Å². The molecule has 3 amide bonds. The van der Waals surface area contributed by atoms with Crippen molar-refractivity contribution >= 4 is 29.1 Å². The summed E-state index contributed by atoms with van der Waals surface area (Å²) < 4.78 is 13.6. The van der Waals surface area contributed by atoms with E-state index >= 15 is 0 Å². The second-order valence-corrected chi connectivity index (χ2v) is 8.54. The van der Waals surface area contributed by atoms with Gasteiger partial charge in [0.15, 0.2) is 0 Å². The Hall–Kier alpha value is -2.74. The largest absolute Gasteiger partial charge is 0.356 e. The average molecular weight is 432 g/mol. The van der Waals surface area contributed by atoms with E-state index in [1.165, 1.54) is 24.3 Å². The summed E-state index contributed by atoms with van der Waals surface area (Å²) in [4.78, 5) is 39.5. The van der Waals surface area contributed by atoms with E-state index in [0.717, 1.165) is 4.88 Å². The predicted octanol–water partition coefficient (Wildman–Crippen LogP) is 2.73. The molecule has 0 saturated carbocycles. The van der Waals surface area contributed by atoms with Crippen LogP contribution in [0, 0.1) is 11.7 Å². The van der Waals surface area contributed by atoms with Gasteiger partial charge in [0.05, 0.1) is 11.4 Å². The maximum atomic E-state index is 13.6. The van der Waals surface area contributed by atoms with E-state index < -0.39 is 0 Å². The molecule has 2 N–H and O–H groups in total. The zero-order chi connectivity index (χ0) is 21.5. The summed E-state index contributed by atoms with van der Waals surface area (Å²) in [6.45, 7) is 3.33. The monoisotopic (exact) mass is 431 g/mol. The molecule has 0 atom stereocenters. The maximum Gasteiger partial charge on any atom is 0.263 e. The van der Waals surface area contributed by atoms with Crippen LogP contribution in [0.5, 0.6) is 0 Å². The second-order valence-electron chi connectivity index (χ2n) is 7.37.